The summed E-state index contributed by atoms with van der Waals surface area (Å²) in [5, 5.41) is 0. The molecule has 0 unspecified atom stereocenters. The van der Waals surface area contributed by atoms with Gasteiger partial charge >= 0.3 is 0 Å². The topological polar surface area (TPSA) is 35.5 Å². The molecule has 1 aromatic rings. The lowest BCUT2D eigenvalue weighted by molar-refractivity contribution is -0.104. The highest BCUT2D eigenvalue weighted by atomic mass is 16.5. The third-order valence-corrected chi connectivity index (χ3v) is 2.64. The van der Waals surface area contributed by atoms with Gasteiger partial charge in [-0.05, 0) is 43.5 Å². The Kier molecular flexibility index (Phi) is 6.81. The monoisotopic (exact) mass is 248 g/mol. The van der Waals surface area contributed by atoms with Crippen LogP contribution in [0.15, 0.2) is 35.9 Å². The minimum Gasteiger partial charge on any atom is -0.497 e. The number of hydrogen-bond donors (Lipinski definition) is 0. The average Bonchev–Trinajstić information content (AvgIpc) is 2.39. The lowest BCUT2D eigenvalue weighted by Gasteiger charge is -2.05. The van der Waals surface area contributed by atoms with Crippen LogP contribution in [0.5, 0.6) is 5.75 Å². The molecule has 0 aliphatic carbocycles. The van der Waals surface area contributed by atoms with Gasteiger partial charge in [-0.2, -0.15) is 0 Å². The van der Waals surface area contributed by atoms with E-state index in [1.54, 1.807) is 13.2 Å². The van der Waals surface area contributed by atoms with E-state index in [0.717, 1.165) is 36.0 Å². The molecule has 0 heterocycles. The van der Waals surface area contributed by atoms with Crippen LogP contribution in [0.2, 0.25) is 0 Å². The lowest BCUT2D eigenvalue weighted by atomic mass is 10.1. The molecule has 0 saturated carbocycles. The van der Waals surface area contributed by atoms with Crippen LogP contribution in [0, 0.1) is 0 Å². The quantitative estimate of drug-likeness (QED) is 0.403. The first-order valence-electron chi connectivity index (χ1n) is 6.08. The molecule has 0 aliphatic heterocycles. The Balaban J connectivity index is 2.17. The van der Waals surface area contributed by atoms with Gasteiger partial charge in [0.1, 0.15) is 12.0 Å². The average molecular weight is 248 g/mol. The summed E-state index contributed by atoms with van der Waals surface area (Å²) in [5.41, 5.74) is 2.23. The van der Waals surface area contributed by atoms with Crippen molar-refractivity contribution in [1.29, 1.82) is 0 Å². The van der Waals surface area contributed by atoms with Crippen molar-refractivity contribution in [2.45, 2.75) is 26.4 Å². The van der Waals surface area contributed by atoms with Gasteiger partial charge in [0.15, 0.2) is 0 Å². The van der Waals surface area contributed by atoms with Crippen LogP contribution in [0.1, 0.15) is 25.3 Å². The van der Waals surface area contributed by atoms with Gasteiger partial charge in [-0.1, -0.05) is 17.7 Å². The number of rotatable bonds is 8. The van der Waals surface area contributed by atoms with Gasteiger partial charge in [0.2, 0.25) is 0 Å². The second kappa shape index (κ2) is 8.48. The molecule has 0 N–H and O–H groups in total. The molecule has 0 aromatic heterocycles. The normalized spacial score (nSPS) is 11.3. The van der Waals surface area contributed by atoms with Gasteiger partial charge in [-0.25, -0.2) is 0 Å². The highest BCUT2D eigenvalue weighted by Crippen LogP contribution is 2.12. The van der Waals surface area contributed by atoms with Gasteiger partial charge < -0.3 is 9.47 Å². The van der Waals surface area contributed by atoms with Gasteiger partial charge in [0.25, 0.3) is 0 Å². The zero-order chi connectivity index (χ0) is 13.2. The first kappa shape index (κ1) is 14.5. The van der Waals surface area contributed by atoms with E-state index < -0.39 is 0 Å². The van der Waals surface area contributed by atoms with E-state index in [4.69, 9.17) is 9.47 Å². The summed E-state index contributed by atoms with van der Waals surface area (Å²) in [5.74, 6) is 0.855. The summed E-state index contributed by atoms with van der Waals surface area (Å²) >= 11 is 0. The molecule has 18 heavy (non-hydrogen) atoms. The molecule has 0 aliphatic rings. The first-order valence-corrected chi connectivity index (χ1v) is 6.08. The third-order valence-electron chi connectivity index (χ3n) is 2.64. The van der Waals surface area contributed by atoms with Gasteiger partial charge in [-0.15, -0.1) is 0 Å². The minimum atomic E-state index is 0.612. The fraction of sp³-hybridized carbons (Fsp3) is 0.400. The van der Waals surface area contributed by atoms with Crippen LogP contribution in [-0.4, -0.2) is 20.0 Å². The number of benzene rings is 1. The molecular weight excluding hydrogens is 228 g/mol. The highest BCUT2D eigenvalue weighted by molar-refractivity contribution is 5.65. The molecule has 3 nitrogen and oxygen atoms in total. The summed E-state index contributed by atoms with van der Waals surface area (Å²) < 4.78 is 10.7. The van der Waals surface area contributed by atoms with Crippen molar-refractivity contribution in [3.05, 3.63) is 41.5 Å². The molecule has 0 saturated heterocycles. The number of allylic oxidation sites excluding steroid dienone is 2. The zero-order valence-corrected chi connectivity index (χ0v) is 11.0. The van der Waals surface area contributed by atoms with E-state index in [1.807, 2.05) is 31.2 Å². The number of aldehydes is 1. The Morgan fingerprint density at radius 1 is 1.28 bits per heavy atom. The van der Waals surface area contributed by atoms with Crippen molar-refractivity contribution in [3.63, 3.8) is 0 Å². The molecular formula is C15H20O3. The molecule has 0 radical (unpaired) electrons. The maximum Gasteiger partial charge on any atom is 0.142 e. The van der Waals surface area contributed by atoms with Gasteiger partial charge in [0, 0.05) is 6.61 Å². The van der Waals surface area contributed by atoms with E-state index in [0.29, 0.717) is 13.2 Å². The minimum absolute atomic E-state index is 0.612. The molecule has 0 bridgehead atoms. The number of hydrogen-bond acceptors (Lipinski definition) is 3. The second-order valence-electron chi connectivity index (χ2n) is 4.15. The number of methoxy groups -OCH3 is 1. The van der Waals surface area contributed by atoms with Crippen LogP contribution >= 0.6 is 0 Å². The molecule has 0 atom stereocenters. The van der Waals surface area contributed by atoms with Crippen LogP contribution < -0.4 is 4.74 Å². The molecule has 98 valence electrons. The number of carbonyl (C=O) groups is 1. The van der Waals surface area contributed by atoms with Crippen LogP contribution in [0.25, 0.3) is 0 Å². The second-order valence-corrected chi connectivity index (χ2v) is 4.15. The first-order chi connectivity index (χ1) is 8.76. The molecule has 0 fully saturated rings. The summed E-state index contributed by atoms with van der Waals surface area (Å²) in [7, 11) is 1.65. The van der Waals surface area contributed by atoms with Crippen molar-refractivity contribution < 1.29 is 14.3 Å². The standard InChI is InChI=1S/C15H20O3/c1-13(9-10-16)4-3-11-18-12-14-5-7-15(17-2)8-6-14/h5-10H,3-4,11-12H2,1-2H3/b13-9+. The fourth-order valence-corrected chi connectivity index (χ4v) is 1.56. The van der Waals surface area contributed by atoms with Crippen molar-refractivity contribution in [3.8, 4) is 5.75 Å². The van der Waals surface area contributed by atoms with Crippen LogP contribution in [-0.2, 0) is 16.1 Å². The van der Waals surface area contributed by atoms with E-state index >= 15 is 0 Å². The Hall–Kier alpha value is -1.61. The maximum absolute atomic E-state index is 10.2. The molecule has 1 aromatic carbocycles. The van der Waals surface area contributed by atoms with Gasteiger partial charge in [-0.3, -0.25) is 4.79 Å². The Morgan fingerprint density at radius 2 is 2.00 bits per heavy atom. The van der Waals surface area contributed by atoms with Crippen LogP contribution in [0.3, 0.4) is 0 Å². The molecule has 1 rings (SSSR count). The summed E-state index contributed by atoms with van der Waals surface area (Å²) in [4.78, 5) is 10.2. The lowest BCUT2D eigenvalue weighted by Crippen LogP contribution is -1.96. The number of carbonyl (C=O) groups excluding carboxylic acids is 1. The summed E-state index contributed by atoms with van der Waals surface area (Å²) in [6.45, 7) is 3.27. The van der Waals surface area contributed by atoms with E-state index in [1.165, 1.54) is 0 Å². The van der Waals surface area contributed by atoms with E-state index in [9.17, 15) is 4.79 Å². The fourth-order valence-electron chi connectivity index (χ4n) is 1.56. The smallest absolute Gasteiger partial charge is 0.142 e. The van der Waals surface area contributed by atoms with Crippen molar-refractivity contribution in [2.75, 3.05) is 13.7 Å². The SMILES string of the molecule is COc1ccc(COCCC/C(C)=C/C=O)cc1. The number of ether oxygens (including phenoxy) is 2. The van der Waals surface area contributed by atoms with Gasteiger partial charge in [0.05, 0.1) is 13.7 Å². The summed E-state index contributed by atoms with van der Waals surface area (Å²) in [6, 6.07) is 7.85. The van der Waals surface area contributed by atoms with E-state index in [-0.39, 0.29) is 0 Å². The predicted octanol–water partition coefficient (Wildman–Crippen LogP) is 3.14. The van der Waals surface area contributed by atoms with Crippen molar-refractivity contribution in [1.82, 2.24) is 0 Å². The van der Waals surface area contributed by atoms with Crippen LogP contribution in [0.4, 0.5) is 0 Å². The Labute approximate surface area is 108 Å². The molecule has 3 heteroatoms. The van der Waals surface area contributed by atoms with Crippen molar-refractivity contribution in [2.24, 2.45) is 0 Å². The maximum atomic E-state index is 10.2. The Bertz CT molecular complexity index is 379. The zero-order valence-electron chi connectivity index (χ0n) is 11.0. The van der Waals surface area contributed by atoms with E-state index in [2.05, 4.69) is 0 Å². The third kappa shape index (κ3) is 5.64. The molecule has 0 spiro atoms. The molecule has 0 amide bonds. The predicted molar refractivity (Wildman–Crippen MR) is 71.7 cm³/mol. The van der Waals surface area contributed by atoms with Crippen molar-refractivity contribution >= 4 is 6.29 Å². The Morgan fingerprint density at radius 3 is 2.61 bits per heavy atom. The highest BCUT2D eigenvalue weighted by Gasteiger charge is 1.95. The summed E-state index contributed by atoms with van der Waals surface area (Å²) in [6.07, 6.45) is 4.27. The largest absolute Gasteiger partial charge is 0.497 e.